The van der Waals surface area contributed by atoms with Crippen molar-refractivity contribution in [3.05, 3.63) is 78.6 Å². The predicted octanol–water partition coefficient (Wildman–Crippen LogP) is 4.55. The van der Waals surface area contributed by atoms with Crippen molar-refractivity contribution in [1.82, 2.24) is 10.1 Å². The molecule has 2 amide bonds. The van der Waals surface area contributed by atoms with E-state index in [1.807, 2.05) is 24.3 Å². The second-order valence-electron chi connectivity index (χ2n) is 7.15. The number of rotatable bonds is 9. The lowest BCUT2D eigenvalue weighted by Gasteiger charge is -2.08. The van der Waals surface area contributed by atoms with Crippen molar-refractivity contribution in [2.24, 2.45) is 0 Å². The average molecular weight is 446 g/mol. The minimum Gasteiger partial charge on any atom is -0.497 e. The third-order valence-electron chi connectivity index (χ3n) is 4.76. The van der Waals surface area contributed by atoms with Crippen LogP contribution in [-0.2, 0) is 11.2 Å². The molecular weight excluding hydrogens is 424 g/mol. The number of nitrogens with one attached hydrogen (secondary N) is 2. The molecule has 0 radical (unpaired) electrons. The Hall–Kier alpha value is -4.40. The fourth-order valence-electron chi connectivity index (χ4n) is 3.11. The Bertz CT molecular complexity index is 1220. The van der Waals surface area contributed by atoms with Gasteiger partial charge in [-0.2, -0.15) is 4.98 Å². The van der Waals surface area contributed by atoms with Crippen molar-refractivity contribution in [3.8, 4) is 17.1 Å². The normalized spacial score (nSPS) is 10.6. The van der Waals surface area contributed by atoms with Crippen LogP contribution in [-0.4, -0.2) is 29.1 Å². The van der Waals surface area contributed by atoms with Crippen LogP contribution in [0.15, 0.2) is 75.9 Å². The molecule has 2 heterocycles. The predicted molar refractivity (Wildman–Crippen MR) is 121 cm³/mol. The van der Waals surface area contributed by atoms with Gasteiger partial charge in [0.05, 0.1) is 13.4 Å². The van der Waals surface area contributed by atoms with Gasteiger partial charge in [-0.05, 0) is 61.0 Å². The number of anilines is 2. The molecule has 0 atom stereocenters. The van der Waals surface area contributed by atoms with E-state index in [1.165, 1.54) is 6.26 Å². The molecular formula is C24H22N4O5. The van der Waals surface area contributed by atoms with Gasteiger partial charge < -0.3 is 24.3 Å². The third kappa shape index (κ3) is 5.85. The minimum atomic E-state index is -0.364. The van der Waals surface area contributed by atoms with Crippen LogP contribution in [0.2, 0.25) is 0 Å². The van der Waals surface area contributed by atoms with E-state index in [9.17, 15) is 9.59 Å². The lowest BCUT2D eigenvalue weighted by atomic mass is 10.2. The first-order valence-electron chi connectivity index (χ1n) is 10.3. The van der Waals surface area contributed by atoms with E-state index >= 15 is 0 Å². The standard InChI is InChI=1S/C24H22N4O5/c1-31-19-12-10-16(11-13-19)23-27-22(33-28-23)9-3-8-21(29)25-17-5-2-6-18(15-17)26-24(30)20-7-4-14-32-20/h2,4-7,10-15H,3,8-9H2,1H3,(H,25,29)(H,26,30). The number of carbonyl (C=O) groups is 2. The smallest absolute Gasteiger partial charge is 0.291 e. The van der Waals surface area contributed by atoms with E-state index in [0.717, 1.165) is 11.3 Å². The molecule has 168 valence electrons. The van der Waals surface area contributed by atoms with E-state index in [4.69, 9.17) is 13.7 Å². The summed E-state index contributed by atoms with van der Waals surface area (Å²) in [5.41, 5.74) is 1.95. The maximum atomic E-state index is 12.3. The summed E-state index contributed by atoms with van der Waals surface area (Å²) in [6.45, 7) is 0. The molecule has 0 aliphatic carbocycles. The molecule has 2 aromatic heterocycles. The zero-order valence-corrected chi connectivity index (χ0v) is 17.9. The average Bonchev–Trinajstić information content (AvgIpc) is 3.52. The van der Waals surface area contributed by atoms with Crippen molar-refractivity contribution in [3.63, 3.8) is 0 Å². The van der Waals surface area contributed by atoms with E-state index in [-0.39, 0.29) is 24.0 Å². The SMILES string of the molecule is COc1ccc(-c2noc(CCCC(=O)Nc3cccc(NC(=O)c4ccco4)c3)n2)cc1. The van der Waals surface area contributed by atoms with Crippen molar-refractivity contribution in [2.45, 2.75) is 19.3 Å². The first-order valence-corrected chi connectivity index (χ1v) is 10.3. The summed E-state index contributed by atoms with van der Waals surface area (Å²) in [5, 5.41) is 9.54. The van der Waals surface area contributed by atoms with Crippen molar-refractivity contribution >= 4 is 23.2 Å². The summed E-state index contributed by atoms with van der Waals surface area (Å²) < 4.78 is 15.5. The Balaban J connectivity index is 1.25. The Morgan fingerprint density at radius 3 is 2.52 bits per heavy atom. The number of hydrogen-bond donors (Lipinski definition) is 2. The molecule has 9 heteroatoms. The monoisotopic (exact) mass is 446 g/mol. The second-order valence-corrected chi connectivity index (χ2v) is 7.15. The summed E-state index contributed by atoms with van der Waals surface area (Å²) in [5.74, 6) is 1.40. The van der Waals surface area contributed by atoms with Gasteiger partial charge in [0.1, 0.15) is 5.75 Å². The number of amides is 2. The maximum Gasteiger partial charge on any atom is 0.291 e. The number of ether oxygens (including phenoxy) is 1. The van der Waals surface area contributed by atoms with E-state index in [1.54, 1.807) is 43.5 Å². The molecule has 2 N–H and O–H groups in total. The van der Waals surface area contributed by atoms with Crippen LogP contribution in [0.4, 0.5) is 11.4 Å². The quantitative estimate of drug-likeness (QED) is 0.387. The number of methoxy groups -OCH3 is 1. The van der Waals surface area contributed by atoms with Gasteiger partial charge in [0, 0.05) is 29.8 Å². The number of furan rings is 1. The van der Waals surface area contributed by atoms with Crippen LogP contribution in [0.3, 0.4) is 0 Å². The van der Waals surface area contributed by atoms with Gasteiger partial charge >= 0.3 is 0 Å². The molecule has 0 unspecified atom stereocenters. The van der Waals surface area contributed by atoms with Gasteiger partial charge in [0.25, 0.3) is 5.91 Å². The number of aryl methyl sites for hydroxylation is 1. The van der Waals surface area contributed by atoms with Gasteiger partial charge in [0.15, 0.2) is 5.76 Å². The molecule has 0 bridgehead atoms. The Morgan fingerprint density at radius 2 is 1.79 bits per heavy atom. The van der Waals surface area contributed by atoms with Crippen LogP contribution >= 0.6 is 0 Å². The summed E-state index contributed by atoms with van der Waals surface area (Å²) in [4.78, 5) is 28.8. The van der Waals surface area contributed by atoms with Crippen molar-refractivity contribution in [2.75, 3.05) is 17.7 Å². The molecule has 2 aromatic carbocycles. The van der Waals surface area contributed by atoms with Gasteiger partial charge in [-0.3, -0.25) is 9.59 Å². The Kier molecular flexibility index (Phi) is 6.79. The fourth-order valence-corrected chi connectivity index (χ4v) is 3.11. The zero-order chi connectivity index (χ0) is 23.0. The number of nitrogens with zero attached hydrogens (tertiary/aromatic N) is 2. The molecule has 0 spiro atoms. The lowest BCUT2D eigenvalue weighted by Crippen LogP contribution is -2.13. The molecule has 33 heavy (non-hydrogen) atoms. The largest absolute Gasteiger partial charge is 0.497 e. The Morgan fingerprint density at radius 1 is 1.00 bits per heavy atom. The fraction of sp³-hybridized carbons (Fsp3) is 0.167. The highest BCUT2D eigenvalue weighted by atomic mass is 16.5. The van der Waals surface area contributed by atoms with Crippen LogP contribution < -0.4 is 15.4 Å². The highest BCUT2D eigenvalue weighted by Gasteiger charge is 2.11. The van der Waals surface area contributed by atoms with Crippen LogP contribution in [0.5, 0.6) is 5.75 Å². The van der Waals surface area contributed by atoms with Crippen LogP contribution in [0.25, 0.3) is 11.4 Å². The minimum absolute atomic E-state index is 0.153. The molecule has 4 rings (SSSR count). The van der Waals surface area contributed by atoms with Crippen molar-refractivity contribution in [1.29, 1.82) is 0 Å². The van der Waals surface area contributed by atoms with Gasteiger partial charge in [-0.1, -0.05) is 11.2 Å². The summed E-state index contributed by atoms with van der Waals surface area (Å²) in [6, 6.07) is 17.5. The number of carbonyl (C=O) groups excluding carboxylic acids is 2. The molecule has 4 aromatic rings. The third-order valence-corrected chi connectivity index (χ3v) is 4.76. The highest BCUT2D eigenvalue weighted by molar-refractivity contribution is 6.02. The van der Waals surface area contributed by atoms with E-state index in [2.05, 4.69) is 20.8 Å². The van der Waals surface area contributed by atoms with Gasteiger partial charge in [-0.15, -0.1) is 0 Å². The van der Waals surface area contributed by atoms with E-state index < -0.39 is 0 Å². The maximum absolute atomic E-state index is 12.3. The van der Waals surface area contributed by atoms with Crippen LogP contribution in [0, 0.1) is 0 Å². The Labute approximate surface area is 189 Å². The lowest BCUT2D eigenvalue weighted by molar-refractivity contribution is -0.116. The zero-order valence-electron chi connectivity index (χ0n) is 17.9. The molecule has 0 saturated carbocycles. The first kappa shape index (κ1) is 21.8. The van der Waals surface area contributed by atoms with Gasteiger partial charge in [-0.25, -0.2) is 0 Å². The molecule has 0 fully saturated rings. The van der Waals surface area contributed by atoms with Gasteiger partial charge in [0.2, 0.25) is 17.6 Å². The summed E-state index contributed by atoms with van der Waals surface area (Å²) >= 11 is 0. The molecule has 0 saturated heterocycles. The first-order chi connectivity index (χ1) is 16.1. The summed E-state index contributed by atoms with van der Waals surface area (Å²) in [6.07, 6.45) is 2.74. The second kappa shape index (κ2) is 10.3. The molecule has 0 aliphatic heterocycles. The molecule has 0 aliphatic rings. The number of hydrogen-bond acceptors (Lipinski definition) is 7. The van der Waals surface area contributed by atoms with E-state index in [0.29, 0.717) is 35.9 Å². The molecule has 9 nitrogen and oxygen atoms in total. The van der Waals surface area contributed by atoms with Crippen LogP contribution in [0.1, 0.15) is 29.3 Å². The summed E-state index contributed by atoms with van der Waals surface area (Å²) in [7, 11) is 1.61. The number of benzene rings is 2. The highest BCUT2D eigenvalue weighted by Crippen LogP contribution is 2.20. The van der Waals surface area contributed by atoms with Crippen molar-refractivity contribution < 1.29 is 23.3 Å². The number of aromatic nitrogens is 2. The topological polar surface area (TPSA) is 119 Å².